The molecule has 4 unspecified atom stereocenters. The van der Waals surface area contributed by atoms with E-state index < -0.39 is 0 Å². The summed E-state index contributed by atoms with van der Waals surface area (Å²) in [5, 5.41) is 3.06. The van der Waals surface area contributed by atoms with Crippen LogP contribution in [0, 0.1) is 23.7 Å². The Bertz CT molecular complexity index is 775. The predicted octanol–water partition coefficient (Wildman–Crippen LogP) is 2.79. The van der Waals surface area contributed by atoms with E-state index in [9.17, 15) is 9.59 Å². The van der Waals surface area contributed by atoms with Crippen LogP contribution in [0.2, 0.25) is 0 Å². The first-order valence-electron chi connectivity index (χ1n) is 9.78. The van der Waals surface area contributed by atoms with E-state index in [-0.39, 0.29) is 59.5 Å². The molecule has 7 heteroatoms. The summed E-state index contributed by atoms with van der Waals surface area (Å²) in [5.41, 5.74) is 8.09. The van der Waals surface area contributed by atoms with Crippen molar-refractivity contribution in [3.8, 4) is 0 Å². The Morgan fingerprint density at radius 1 is 1.14 bits per heavy atom. The second kappa shape index (κ2) is 8.63. The summed E-state index contributed by atoms with van der Waals surface area (Å²) in [4.78, 5) is 31.0. The number of amides is 2. The highest BCUT2D eigenvalue weighted by Gasteiger charge is 2.58. The van der Waals surface area contributed by atoms with Gasteiger partial charge in [0.15, 0.2) is 5.96 Å². The average Bonchev–Trinajstić information content (AvgIpc) is 3.35. The summed E-state index contributed by atoms with van der Waals surface area (Å²) >= 11 is 0. The molecule has 2 bridgehead atoms. The smallest absolute Gasteiger partial charge is 0.233 e. The third-order valence-corrected chi connectivity index (χ3v) is 6.02. The number of carbonyl (C=O) groups is 2. The summed E-state index contributed by atoms with van der Waals surface area (Å²) in [6.07, 6.45) is 6.81. The van der Waals surface area contributed by atoms with Gasteiger partial charge in [-0.25, -0.2) is 0 Å². The van der Waals surface area contributed by atoms with Crippen LogP contribution < -0.4 is 11.1 Å². The topological polar surface area (TPSA) is 87.8 Å². The predicted molar refractivity (Wildman–Crippen MR) is 120 cm³/mol. The number of allylic oxidation sites excluding steroid dienone is 2. The number of nitrogens with one attached hydrogen (secondary N) is 1. The number of hydrogen-bond acceptors (Lipinski definition) is 3. The van der Waals surface area contributed by atoms with E-state index in [1.165, 1.54) is 10.5 Å². The molecule has 6 nitrogen and oxygen atoms in total. The molecule has 0 radical (unpaired) electrons. The molecule has 0 aromatic heterocycles. The van der Waals surface area contributed by atoms with Crippen LogP contribution in [0.25, 0.3) is 0 Å². The maximum Gasteiger partial charge on any atom is 0.233 e. The van der Waals surface area contributed by atoms with Gasteiger partial charge in [0.05, 0.1) is 11.8 Å². The van der Waals surface area contributed by atoms with E-state index in [0.29, 0.717) is 25.5 Å². The lowest BCUT2D eigenvalue weighted by atomic mass is 9.85. The Morgan fingerprint density at radius 2 is 1.75 bits per heavy atom. The van der Waals surface area contributed by atoms with Crippen molar-refractivity contribution in [2.75, 3.05) is 18.4 Å². The van der Waals surface area contributed by atoms with Crippen molar-refractivity contribution in [2.24, 2.45) is 34.4 Å². The highest BCUT2D eigenvalue weighted by atomic mass is 127. The van der Waals surface area contributed by atoms with E-state index >= 15 is 0 Å². The third kappa shape index (κ3) is 3.81. The van der Waals surface area contributed by atoms with Gasteiger partial charge < -0.3 is 11.1 Å². The van der Waals surface area contributed by atoms with Crippen LogP contribution >= 0.6 is 24.0 Å². The molecule has 1 saturated carbocycles. The quantitative estimate of drug-likeness (QED) is 0.159. The number of nitrogens with zero attached hydrogens (tertiary/aromatic N) is 2. The fraction of sp³-hybridized carbons (Fsp3) is 0.476. The van der Waals surface area contributed by atoms with Crippen LogP contribution in [0.1, 0.15) is 25.3 Å². The highest BCUT2D eigenvalue weighted by molar-refractivity contribution is 14.0. The summed E-state index contributed by atoms with van der Waals surface area (Å²) < 4.78 is 0. The maximum absolute atomic E-state index is 12.6. The normalized spacial score (nSPS) is 27.9. The minimum Gasteiger partial charge on any atom is -0.370 e. The van der Waals surface area contributed by atoms with Crippen LogP contribution in [0.4, 0.5) is 5.69 Å². The van der Waals surface area contributed by atoms with Gasteiger partial charge in [0.1, 0.15) is 0 Å². The van der Waals surface area contributed by atoms with Crippen molar-refractivity contribution in [3.05, 3.63) is 42.0 Å². The minimum absolute atomic E-state index is 0. The Morgan fingerprint density at radius 3 is 2.32 bits per heavy atom. The Balaban J connectivity index is 0.00000225. The molecule has 3 aliphatic rings. The van der Waals surface area contributed by atoms with Gasteiger partial charge in [-0.3, -0.25) is 19.5 Å². The number of fused-ring (bicyclic) bond motifs is 5. The zero-order valence-corrected chi connectivity index (χ0v) is 18.3. The minimum atomic E-state index is -0.117. The largest absolute Gasteiger partial charge is 0.370 e. The van der Waals surface area contributed by atoms with E-state index in [0.717, 1.165) is 18.5 Å². The average molecular weight is 494 g/mol. The molecular formula is C21H27IN4O2. The van der Waals surface area contributed by atoms with Gasteiger partial charge in [0.2, 0.25) is 11.8 Å². The molecule has 2 amide bonds. The fourth-order valence-electron chi connectivity index (χ4n) is 4.62. The Hall–Kier alpha value is -1.90. The molecule has 4 atom stereocenters. The van der Waals surface area contributed by atoms with Gasteiger partial charge in [-0.15, -0.1) is 24.0 Å². The number of nitrogens with two attached hydrogens (primary N) is 1. The fourth-order valence-corrected chi connectivity index (χ4v) is 4.62. The number of imide groups is 1. The maximum atomic E-state index is 12.6. The van der Waals surface area contributed by atoms with Gasteiger partial charge in [0.25, 0.3) is 0 Å². The van der Waals surface area contributed by atoms with Crippen LogP contribution in [0.3, 0.4) is 0 Å². The van der Waals surface area contributed by atoms with Crippen molar-refractivity contribution < 1.29 is 9.59 Å². The van der Waals surface area contributed by atoms with E-state index in [2.05, 4.69) is 41.5 Å². The van der Waals surface area contributed by atoms with Crippen LogP contribution in [0.15, 0.2) is 41.4 Å². The lowest BCUT2D eigenvalue weighted by Crippen LogP contribution is -2.34. The van der Waals surface area contributed by atoms with Crippen molar-refractivity contribution in [2.45, 2.75) is 26.2 Å². The molecule has 150 valence electrons. The number of aliphatic imine (C=N–C) groups is 1. The molecule has 28 heavy (non-hydrogen) atoms. The van der Waals surface area contributed by atoms with E-state index in [1.54, 1.807) is 0 Å². The third-order valence-electron chi connectivity index (χ3n) is 6.02. The lowest BCUT2D eigenvalue weighted by molar-refractivity contribution is -0.140. The number of hydrogen-bond donors (Lipinski definition) is 2. The van der Waals surface area contributed by atoms with Crippen molar-refractivity contribution in [1.82, 2.24) is 4.90 Å². The van der Waals surface area contributed by atoms with Crippen LogP contribution in [0.5, 0.6) is 0 Å². The highest BCUT2D eigenvalue weighted by Crippen LogP contribution is 2.52. The number of benzene rings is 1. The zero-order valence-electron chi connectivity index (χ0n) is 16.0. The van der Waals surface area contributed by atoms with Gasteiger partial charge in [0, 0.05) is 18.8 Å². The van der Waals surface area contributed by atoms with Crippen molar-refractivity contribution in [1.29, 1.82) is 0 Å². The first-order valence-corrected chi connectivity index (χ1v) is 9.78. The number of likely N-dealkylation sites (tertiary alicyclic amines) is 1. The molecule has 4 rings (SSSR count). The number of anilines is 1. The molecule has 0 spiro atoms. The molecule has 1 aliphatic heterocycles. The second-order valence-electron chi connectivity index (χ2n) is 7.62. The second-order valence-corrected chi connectivity index (χ2v) is 7.62. The first kappa shape index (κ1) is 20.8. The Kier molecular flexibility index (Phi) is 6.42. The van der Waals surface area contributed by atoms with Gasteiger partial charge in [-0.05, 0) is 48.8 Å². The number of carbonyl (C=O) groups excluding carboxylic acids is 2. The van der Waals surface area contributed by atoms with Crippen molar-refractivity contribution >= 4 is 47.4 Å². The van der Waals surface area contributed by atoms with Crippen LogP contribution in [-0.4, -0.2) is 35.8 Å². The summed E-state index contributed by atoms with van der Waals surface area (Å²) in [5.74, 6) is 0.651. The molecule has 3 N–H and O–H groups in total. The zero-order chi connectivity index (χ0) is 19.0. The molecule has 2 aliphatic carbocycles. The number of aryl methyl sites for hydroxylation is 1. The van der Waals surface area contributed by atoms with Gasteiger partial charge >= 0.3 is 0 Å². The summed E-state index contributed by atoms with van der Waals surface area (Å²) in [7, 11) is 0. The number of guanidine groups is 1. The monoisotopic (exact) mass is 494 g/mol. The Labute approximate surface area is 182 Å². The summed E-state index contributed by atoms with van der Waals surface area (Å²) in [6, 6.07) is 8.06. The first-order chi connectivity index (χ1) is 13.1. The molecule has 2 fully saturated rings. The molecule has 1 saturated heterocycles. The molecule has 1 heterocycles. The number of halogens is 1. The lowest BCUT2D eigenvalue weighted by Gasteiger charge is -2.16. The van der Waals surface area contributed by atoms with Crippen LogP contribution in [-0.2, 0) is 16.0 Å². The standard InChI is InChI=1S/C21H26N4O2.HI/c1-2-13-4-8-16(9-5-13)24-21(22)23-10-3-11-25-19(26)17-14-6-7-15(12-14)18(17)20(25)27;/h4-9,14-15,17-18H,2-3,10-12H2,1H3,(H3,22,23,24);1H. The van der Waals surface area contributed by atoms with Gasteiger partial charge in [-0.2, -0.15) is 0 Å². The van der Waals surface area contributed by atoms with Crippen molar-refractivity contribution in [3.63, 3.8) is 0 Å². The van der Waals surface area contributed by atoms with E-state index in [4.69, 9.17) is 5.73 Å². The SMILES string of the molecule is CCc1ccc(NC(N)=NCCCN2C(=O)C3C4C=CC(C4)C3C2=O)cc1.I. The summed E-state index contributed by atoms with van der Waals surface area (Å²) in [6.45, 7) is 3.01. The van der Waals surface area contributed by atoms with Gasteiger partial charge in [-0.1, -0.05) is 31.2 Å². The molecule has 1 aromatic rings. The number of rotatable bonds is 6. The molecule has 1 aromatic carbocycles. The molecular weight excluding hydrogens is 467 g/mol. The van der Waals surface area contributed by atoms with E-state index in [1.807, 2.05) is 12.1 Å².